The average molecular weight is 284 g/mol. The lowest BCUT2D eigenvalue weighted by molar-refractivity contribution is 1.05. The highest BCUT2D eigenvalue weighted by atomic mass is 35.5. The Hall–Kier alpha value is -2.13. The highest BCUT2D eigenvalue weighted by Crippen LogP contribution is 2.30. The Morgan fingerprint density at radius 2 is 1.80 bits per heavy atom. The number of hydrogen-bond donors (Lipinski definition) is 1. The maximum atomic E-state index is 6.22. The van der Waals surface area contributed by atoms with Crippen LogP contribution in [-0.4, -0.2) is 10.2 Å². The van der Waals surface area contributed by atoms with E-state index in [1.54, 1.807) is 6.20 Å². The first-order chi connectivity index (χ1) is 9.75. The lowest BCUT2D eigenvalue weighted by Gasteiger charge is -2.13. The molecule has 1 atom stereocenters. The van der Waals surface area contributed by atoms with Crippen LogP contribution < -0.4 is 5.32 Å². The van der Waals surface area contributed by atoms with Crippen LogP contribution >= 0.6 is 11.6 Å². The van der Waals surface area contributed by atoms with Crippen molar-refractivity contribution in [1.29, 1.82) is 0 Å². The summed E-state index contributed by atoms with van der Waals surface area (Å²) in [4.78, 5) is 0. The molecule has 0 aliphatic rings. The molecule has 100 valence electrons. The van der Waals surface area contributed by atoms with Crippen LogP contribution in [0, 0.1) is 0 Å². The van der Waals surface area contributed by atoms with Crippen molar-refractivity contribution in [3.05, 3.63) is 60.3 Å². The van der Waals surface area contributed by atoms with Gasteiger partial charge in [0, 0.05) is 16.5 Å². The first kappa shape index (κ1) is 12.9. The Bertz CT molecular complexity index is 735. The lowest BCUT2D eigenvalue weighted by Crippen LogP contribution is -2.00. The van der Waals surface area contributed by atoms with Crippen molar-refractivity contribution in [3.63, 3.8) is 0 Å². The molecular formula is C16H14ClN3. The van der Waals surface area contributed by atoms with Crippen molar-refractivity contribution in [2.24, 2.45) is 0 Å². The number of alkyl halides is 1. The molecule has 2 aromatic carbocycles. The number of para-hydroxylation sites is 1. The first-order valence-electron chi connectivity index (χ1n) is 6.46. The largest absolute Gasteiger partial charge is 0.338 e. The Morgan fingerprint density at radius 3 is 2.65 bits per heavy atom. The Labute approximate surface area is 122 Å². The fourth-order valence-corrected chi connectivity index (χ4v) is 2.40. The van der Waals surface area contributed by atoms with Crippen LogP contribution in [0.5, 0.6) is 0 Å². The fourth-order valence-electron chi connectivity index (χ4n) is 2.21. The van der Waals surface area contributed by atoms with Crippen LogP contribution in [0.25, 0.3) is 10.8 Å². The molecule has 0 aliphatic carbocycles. The predicted octanol–water partition coefficient (Wildman–Crippen LogP) is 4.67. The second kappa shape index (κ2) is 5.47. The summed E-state index contributed by atoms with van der Waals surface area (Å²) in [6.45, 7) is 1.96. The van der Waals surface area contributed by atoms with E-state index in [1.807, 2.05) is 55.5 Å². The molecule has 0 saturated carbocycles. The zero-order valence-electron chi connectivity index (χ0n) is 11.0. The topological polar surface area (TPSA) is 37.8 Å². The third kappa shape index (κ3) is 2.45. The minimum Gasteiger partial charge on any atom is -0.338 e. The lowest BCUT2D eigenvalue weighted by atomic mass is 10.1. The summed E-state index contributed by atoms with van der Waals surface area (Å²) in [5.41, 5.74) is 2.00. The molecule has 0 saturated heterocycles. The summed E-state index contributed by atoms with van der Waals surface area (Å²) in [7, 11) is 0. The maximum absolute atomic E-state index is 6.22. The van der Waals surface area contributed by atoms with Gasteiger partial charge in [-0.3, -0.25) is 0 Å². The Morgan fingerprint density at radius 1 is 1.05 bits per heavy atom. The summed E-state index contributed by atoms with van der Waals surface area (Å²) in [6.07, 6.45) is 1.76. The molecule has 1 N–H and O–H groups in total. The van der Waals surface area contributed by atoms with Gasteiger partial charge in [-0.25, -0.2) is 0 Å². The highest BCUT2D eigenvalue weighted by Gasteiger charge is 2.09. The van der Waals surface area contributed by atoms with E-state index in [4.69, 9.17) is 11.6 Å². The normalized spacial score (nSPS) is 12.3. The number of aromatic nitrogens is 2. The molecule has 3 aromatic rings. The molecule has 20 heavy (non-hydrogen) atoms. The van der Waals surface area contributed by atoms with Gasteiger partial charge in [0.1, 0.15) is 0 Å². The van der Waals surface area contributed by atoms with Gasteiger partial charge in [0.15, 0.2) is 5.82 Å². The Kier molecular flexibility index (Phi) is 3.52. The van der Waals surface area contributed by atoms with Crippen molar-refractivity contribution >= 4 is 33.9 Å². The fraction of sp³-hybridized carbons (Fsp3) is 0.125. The zero-order valence-corrected chi connectivity index (χ0v) is 11.8. The molecule has 3 nitrogen and oxygen atoms in total. The molecule has 0 spiro atoms. The summed E-state index contributed by atoms with van der Waals surface area (Å²) < 4.78 is 0. The van der Waals surface area contributed by atoms with Gasteiger partial charge in [-0.15, -0.1) is 16.7 Å². The van der Waals surface area contributed by atoms with Crippen molar-refractivity contribution in [2.45, 2.75) is 12.3 Å². The summed E-state index contributed by atoms with van der Waals surface area (Å²) >= 11 is 6.22. The molecule has 0 amide bonds. The van der Waals surface area contributed by atoms with E-state index < -0.39 is 0 Å². The van der Waals surface area contributed by atoms with Gasteiger partial charge in [0.2, 0.25) is 0 Å². The molecule has 3 rings (SSSR count). The van der Waals surface area contributed by atoms with E-state index in [-0.39, 0.29) is 5.38 Å². The summed E-state index contributed by atoms with van der Waals surface area (Å²) in [6, 6.07) is 16.0. The number of nitrogens with zero attached hydrogens (tertiary/aromatic N) is 2. The van der Waals surface area contributed by atoms with Crippen molar-refractivity contribution in [2.75, 3.05) is 5.32 Å². The molecular weight excluding hydrogens is 270 g/mol. The van der Waals surface area contributed by atoms with Crippen LogP contribution in [-0.2, 0) is 0 Å². The molecule has 4 heteroatoms. The molecule has 0 fully saturated rings. The molecule has 0 radical (unpaired) electrons. The molecule has 1 unspecified atom stereocenters. The van der Waals surface area contributed by atoms with Gasteiger partial charge in [0.25, 0.3) is 0 Å². The SMILES string of the molecule is CC(Cl)c1ccccc1Nc1nncc2ccccc12. The third-order valence-electron chi connectivity index (χ3n) is 3.21. The number of benzene rings is 2. The number of anilines is 2. The van der Waals surface area contributed by atoms with E-state index in [0.717, 1.165) is 27.8 Å². The maximum Gasteiger partial charge on any atom is 0.160 e. The van der Waals surface area contributed by atoms with Crippen molar-refractivity contribution < 1.29 is 0 Å². The van der Waals surface area contributed by atoms with Crippen molar-refractivity contribution in [3.8, 4) is 0 Å². The number of halogens is 1. The summed E-state index contributed by atoms with van der Waals surface area (Å²) in [5, 5.41) is 13.6. The molecule has 0 aliphatic heterocycles. The number of hydrogen-bond acceptors (Lipinski definition) is 3. The number of fused-ring (bicyclic) bond motifs is 1. The van der Waals surface area contributed by atoms with Crippen LogP contribution in [0.15, 0.2) is 54.7 Å². The van der Waals surface area contributed by atoms with E-state index in [1.165, 1.54) is 0 Å². The van der Waals surface area contributed by atoms with Gasteiger partial charge in [-0.1, -0.05) is 42.5 Å². The minimum atomic E-state index is -0.0679. The van der Waals surface area contributed by atoms with Gasteiger partial charge in [-0.05, 0) is 18.6 Å². The smallest absolute Gasteiger partial charge is 0.160 e. The molecule has 0 bridgehead atoms. The predicted molar refractivity (Wildman–Crippen MR) is 83.5 cm³/mol. The number of rotatable bonds is 3. The van der Waals surface area contributed by atoms with Crippen LogP contribution in [0.4, 0.5) is 11.5 Å². The highest BCUT2D eigenvalue weighted by molar-refractivity contribution is 6.21. The second-order valence-corrected chi connectivity index (χ2v) is 5.26. The second-order valence-electron chi connectivity index (χ2n) is 4.61. The van der Waals surface area contributed by atoms with Crippen LogP contribution in [0.3, 0.4) is 0 Å². The van der Waals surface area contributed by atoms with E-state index in [9.17, 15) is 0 Å². The van der Waals surface area contributed by atoms with Gasteiger partial charge >= 0.3 is 0 Å². The molecule has 1 aromatic heterocycles. The van der Waals surface area contributed by atoms with Gasteiger partial charge < -0.3 is 5.32 Å². The van der Waals surface area contributed by atoms with E-state index >= 15 is 0 Å². The van der Waals surface area contributed by atoms with Gasteiger partial charge in [0.05, 0.1) is 11.6 Å². The monoisotopic (exact) mass is 283 g/mol. The van der Waals surface area contributed by atoms with E-state index in [0.29, 0.717) is 0 Å². The summed E-state index contributed by atoms with van der Waals surface area (Å²) in [5.74, 6) is 0.743. The van der Waals surface area contributed by atoms with Crippen LogP contribution in [0.1, 0.15) is 17.9 Å². The minimum absolute atomic E-state index is 0.0679. The zero-order chi connectivity index (χ0) is 13.9. The first-order valence-corrected chi connectivity index (χ1v) is 6.90. The standard InChI is InChI=1S/C16H14ClN3/c1-11(17)13-7-4-5-9-15(13)19-16-14-8-3-2-6-12(14)10-18-20-16/h2-11H,1H3,(H,19,20). The molecule has 1 heterocycles. The average Bonchev–Trinajstić information content (AvgIpc) is 2.48. The Balaban J connectivity index is 2.06. The third-order valence-corrected chi connectivity index (χ3v) is 3.45. The number of nitrogens with one attached hydrogen (secondary N) is 1. The van der Waals surface area contributed by atoms with Crippen molar-refractivity contribution in [1.82, 2.24) is 10.2 Å². The van der Waals surface area contributed by atoms with E-state index in [2.05, 4.69) is 15.5 Å². The quantitative estimate of drug-likeness (QED) is 0.710. The van der Waals surface area contributed by atoms with Gasteiger partial charge in [-0.2, -0.15) is 5.10 Å². The van der Waals surface area contributed by atoms with Crippen LogP contribution in [0.2, 0.25) is 0 Å².